The number of ether oxygens (including phenoxy) is 1. The quantitative estimate of drug-likeness (QED) is 0.826. The van der Waals surface area contributed by atoms with Crippen molar-refractivity contribution in [2.45, 2.75) is 51.0 Å². The molecule has 19 heavy (non-hydrogen) atoms. The van der Waals surface area contributed by atoms with E-state index in [0.717, 1.165) is 29.7 Å². The molecule has 0 heterocycles. The van der Waals surface area contributed by atoms with Gasteiger partial charge in [-0.2, -0.15) is 0 Å². The summed E-state index contributed by atoms with van der Waals surface area (Å²) in [4.78, 5) is 0. The van der Waals surface area contributed by atoms with Gasteiger partial charge in [-0.05, 0) is 55.9 Å². The number of methoxy groups -OCH3 is 1. The first kappa shape index (κ1) is 14.1. The van der Waals surface area contributed by atoms with Gasteiger partial charge < -0.3 is 9.84 Å². The van der Waals surface area contributed by atoms with Crippen LogP contribution in [0.4, 0.5) is 0 Å². The van der Waals surface area contributed by atoms with Crippen LogP contribution in [0.15, 0.2) is 35.9 Å². The van der Waals surface area contributed by atoms with Gasteiger partial charge in [-0.15, -0.1) is 0 Å². The van der Waals surface area contributed by atoms with Gasteiger partial charge in [-0.1, -0.05) is 31.1 Å². The fraction of sp³-hybridized carbons (Fsp3) is 0.529. The molecule has 1 aromatic carbocycles. The van der Waals surface area contributed by atoms with E-state index in [1.54, 1.807) is 7.11 Å². The maximum Gasteiger partial charge on any atom is 0.118 e. The summed E-state index contributed by atoms with van der Waals surface area (Å²) in [6.45, 7) is 1.91. The van der Waals surface area contributed by atoms with Crippen molar-refractivity contribution in [2.75, 3.05) is 7.11 Å². The summed E-state index contributed by atoms with van der Waals surface area (Å²) in [6, 6.07) is 7.73. The second kappa shape index (κ2) is 6.25. The van der Waals surface area contributed by atoms with Crippen LogP contribution in [-0.2, 0) is 5.60 Å². The first-order valence-electron chi connectivity index (χ1n) is 7.21. The molecule has 104 valence electrons. The minimum atomic E-state index is -0.858. The predicted molar refractivity (Wildman–Crippen MR) is 78.3 cm³/mol. The molecule has 0 amide bonds. The van der Waals surface area contributed by atoms with E-state index in [9.17, 15) is 5.11 Å². The molecular weight excluding hydrogens is 236 g/mol. The molecule has 0 spiro atoms. The zero-order valence-corrected chi connectivity index (χ0v) is 12.0. The van der Waals surface area contributed by atoms with E-state index in [4.69, 9.17) is 4.74 Å². The first-order chi connectivity index (χ1) is 9.14. The van der Waals surface area contributed by atoms with E-state index in [2.05, 4.69) is 6.08 Å². The Kier molecular flexibility index (Phi) is 4.65. The van der Waals surface area contributed by atoms with Crippen LogP contribution in [0, 0.1) is 0 Å². The maximum atomic E-state index is 10.9. The molecule has 0 aromatic heterocycles. The maximum absolute atomic E-state index is 10.9. The highest BCUT2D eigenvalue weighted by Crippen LogP contribution is 2.34. The monoisotopic (exact) mass is 260 g/mol. The number of hydrogen-bond donors (Lipinski definition) is 1. The summed E-state index contributed by atoms with van der Waals surface area (Å²) in [6.07, 6.45) is 9.33. The van der Waals surface area contributed by atoms with E-state index in [0.29, 0.717) is 0 Å². The molecule has 0 saturated carbocycles. The van der Waals surface area contributed by atoms with E-state index < -0.39 is 5.60 Å². The van der Waals surface area contributed by atoms with E-state index in [-0.39, 0.29) is 0 Å². The summed E-state index contributed by atoms with van der Waals surface area (Å²) < 4.78 is 5.17. The second-order valence-corrected chi connectivity index (χ2v) is 5.48. The van der Waals surface area contributed by atoms with Gasteiger partial charge in [0.25, 0.3) is 0 Å². The SMILES string of the molecule is COc1ccc(C(C)(O)/C2=C/CCCCCC2)cc1. The summed E-state index contributed by atoms with van der Waals surface area (Å²) in [5, 5.41) is 10.9. The number of rotatable bonds is 3. The fourth-order valence-electron chi connectivity index (χ4n) is 2.73. The Balaban J connectivity index is 2.23. The minimum Gasteiger partial charge on any atom is -0.497 e. The molecule has 1 N–H and O–H groups in total. The van der Waals surface area contributed by atoms with Gasteiger partial charge in [0.1, 0.15) is 11.4 Å². The Morgan fingerprint density at radius 3 is 2.42 bits per heavy atom. The molecule has 1 aromatic rings. The molecule has 1 atom stereocenters. The highest BCUT2D eigenvalue weighted by Gasteiger charge is 2.27. The first-order valence-corrected chi connectivity index (χ1v) is 7.21. The van der Waals surface area contributed by atoms with Crippen LogP contribution < -0.4 is 4.74 Å². The van der Waals surface area contributed by atoms with Gasteiger partial charge in [0, 0.05) is 0 Å². The van der Waals surface area contributed by atoms with Gasteiger partial charge in [0.05, 0.1) is 7.11 Å². The Morgan fingerprint density at radius 2 is 1.74 bits per heavy atom. The third-order valence-electron chi connectivity index (χ3n) is 4.07. The normalized spacial score (nSPS) is 22.6. The van der Waals surface area contributed by atoms with Crippen LogP contribution >= 0.6 is 0 Å². The molecule has 0 radical (unpaired) electrons. The molecule has 0 bridgehead atoms. The molecule has 1 aliphatic carbocycles. The van der Waals surface area contributed by atoms with Crippen molar-refractivity contribution in [3.8, 4) is 5.75 Å². The van der Waals surface area contributed by atoms with Gasteiger partial charge in [-0.3, -0.25) is 0 Å². The van der Waals surface area contributed by atoms with Crippen LogP contribution in [0.25, 0.3) is 0 Å². The third-order valence-corrected chi connectivity index (χ3v) is 4.07. The van der Waals surface area contributed by atoms with Gasteiger partial charge >= 0.3 is 0 Å². The van der Waals surface area contributed by atoms with Crippen LogP contribution in [0.2, 0.25) is 0 Å². The van der Waals surface area contributed by atoms with Crippen molar-refractivity contribution >= 4 is 0 Å². The lowest BCUT2D eigenvalue weighted by Crippen LogP contribution is -2.24. The Morgan fingerprint density at radius 1 is 1.05 bits per heavy atom. The second-order valence-electron chi connectivity index (χ2n) is 5.48. The van der Waals surface area contributed by atoms with Crippen molar-refractivity contribution in [3.63, 3.8) is 0 Å². The largest absolute Gasteiger partial charge is 0.497 e. The van der Waals surface area contributed by atoms with Crippen molar-refractivity contribution in [1.82, 2.24) is 0 Å². The molecule has 0 fully saturated rings. The molecule has 1 unspecified atom stereocenters. The zero-order valence-electron chi connectivity index (χ0n) is 12.0. The minimum absolute atomic E-state index is 0.825. The van der Waals surface area contributed by atoms with Gasteiger partial charge in [0.2, 0.25) is 0 Å². The number of hydrogen-bond acceptors (Lipinski definition) is 2. The van der Waals surface area contributed by atoms with E-state index in [1.807, 2.05) is 31.2 Å². The smallest absolute Gasteiger partial charge is 0.118 e. The van der Waals surface area contributed by atoms with Crippen LogP contribution in [0.3, 0.4) is 0 Å². The summed E-state index contributed by atoms with van der Waals surface area (Å²) in [5.74, 6) is 0.825. The van der Waals surface area contributed by atoms with Gasteiger partial charge in [-0.25, -0.2) is 0 Å². The predicted octanol–water partition coefficient (Wildman–Crippen LogP) is 4.18. The molecule has 2 nitrogen and oxygen atoms in total. The average molecular weight is 260 g/mol. The van der Waals surface area contributed by atoms with E-state index >= 15 is 0 Å². The highest BCUT2D eigenvalue weighted by atomic mass is 16.5. The Labute approximate surface area is 116 Å². The highest BCUT2D eigenvalue weighted by molar-refractivity contribution is 5.36. The standard InChI is InChI=1S/C17H24O2/c1-17(18,14-8-6-4-3-5-7-9-14)15-10-12-16(19-2)13-11-15/h8,10-13,18H,3-7,9H2,1-2H3/b14-8+. The molecule has 1 aliphatic rings. The topological polar surface area (TPSA) is 29.5 Å². The molecule has 2 heteroatoms. The molecule has 2 rings (SSSR count). The van der Waals surface area contributed by atoms with Gasteiger partial charge in [0.15, 0.2) is 0 Å². The number of aliphatic hydroxyl groups is 1. The van der Waals surface area contributed by atoms with Crippen LogP contribution in [0.5, 0.6) is 5.75 Å². The lowest BCUT2D eigenvalue weighted by molar-refractivity contribution is 0.0922. The third kappa shape index (κ3) is 3.38. The molecule has 0 saturated heterocycles. The van der Waals surface area contributed by atoms with Crippen LogP contribution in [0.1, 0.15) is 51.0 Å². The van der Waals surface area contributed by atoms with E-state index in [1.165, 1.54) is 25.7 Å². The molecular formula is C17H24O2. The summed E-state index contributed by atoms with van der Waals surface area (Å²) >= 11 is 0. The summed E-state index contributed by atoms with van der Waals surface area (Å²) in [7, 11) is 1.66. The summed E-state index contributed by atoms with van der Waals surface area (Å²) in [5.41, 5.74) is 1.25. The van der Waals surface area contributed by atoms with Crippen LogP contribution in [-0.4, -0.2) is 12.2 Å². The average Bonchev–Trinajstić information content (AvgIpc) is 2.38. The number of allylic oxidation sites excluding steroid dienone is 1. The van der Waals surface area contributed by atoms with Crippen molar-refractivity contribution < 1.29 is 9.84 Å². The fourth-order valence-corrected chi connectivity index (χ4v) is 2.73. The lowest BCUT2D eigenvalue weighted by atomic mass is 9.83. The van der Waals surface area contributed by atoms with Crippen molar-refractivity contribution in [1.29, 1.82) is 0 Å². The Bertz CT molecular complexity index is 429. The Hall–Kier alpha value is -1.28. The van der Waals surface area contributed by atoms with Crippen molar-refractivity contribution in [3.05, 3.63) is 41.5 Å². The van der Waals surface area contributed by atoms with Crippen molar-refractivity contribution in [2.24, 2.45) is 0 Å². The zero-order chi connectivity index (χ0) is 13.7. The molecule has 0 aliphatic heterocycles. The lowest BCUT2D eigenvalue weighted by Gasteiger charge is -2.29. The number of benzene rings is 1.